The number of pyridine rings is 2. The van der Waals surface area contributed by atoms with Crippen LogP contribution in [0.2, 0.25) is 0 Å². The Morgan fingerprint density at radius 1 is 1.27 bits per heavy atom. The monoisotopic (exact) mass is 354 g/mol. The topological polar surface area (TPSA) is 81.8 Å². The standard InChI is InChI=1S/C19H19FN4O2/c1-11-2-3-14(18(25)23-11)19(26)24-8-5-12(6-9-24)16-13-4-7-21-17(13)22-10-15(16)20/h2-4,7,10,12H,5-6,8-9H2,1H3,(H,21,22)(H,23,25). The summed E-state index contributed by atoms with van der Waals surface area (Å²) in [6.07, 6.45) is 4.30. The first-order valence-corrected chi connectivity index (χ1v) is 8.65. The number of aromatic amines is 2. The van der Waals surface area contributed by atoms with Crippen molar-refractivity contribution >= 4 is 16.9 Å². The molecule has 134 valence electrons. The lowest BCUT2D eigenvalue weighted by molar-refractivity contribution is 0.0711. The average molecular weight is 354 g/mol. The van der Waals surface area contributed by atoms with Gasteiger partial charge in [0, 0.05) is 35.9 Å². The molecule has 1 aliphatic heterocycles. The van der Waals surface area contributed by atoms with Crippen LogP contribution in [0.1, 0.15) is 40.4 Å². The van der Waals surface area contributed by atoms with Gasteiger partial charge in [-0.3, -0.25) is 9.59 Å². The molecule has 0 bridgehead atoms. The molecule has 3 aromatic heterocycles. The largest absolute Gasteiger partial charge is 0.346 e. The number of aromatic nitrogens is 3. The van der Waals surface area contributed by atoms with Crippen molar-refractivity contribution < 1.29 is 9.18 Å². The number of hydrogen-bond donors (Lipinski definition) is 2. The summed E-state index contributed by atoms with van der Waals surface area (Å²) in [6, 6.07) is 5.12. The molecular formula is C19H19FN4O2. The molecule has 1 saturated heterocycles. The van der Waals surface area contributed by atoms with Crippen molar-refractivity contribution in [3.63, 3.8) is 0 Å². The molecule has 1 aliphatic rings. The third-order valence-corrected chi connectivity index (χ3v) is 5.06. The second-order valence-electron chi connectivity index (χ2n) is 6.71. The van der Waals surface area contributed by atoms with Crippen LogP contribution in [0.3, 0.4) is 0 Å². The SMILES string of the molecule is Cc1ccc(C(=O)N2CCC(c3c(F)cnc4[nH]ccc34)CC2)c(=O)[nH]1. The number of fused-ring (bicyclic) bond motifs is 1. The number of hydrogen-bond acceptors (Lipinski definition) is 3. The van der Waals surface area contributed by atoms with E-state index in [0.717, 1.165) is 5.39 Å². The van der Waals surface area contributed by atoms with Crippen molar-refractivity contribution in [3.05, 3.63) is 63.6 Å². The predicted octanol–water partition coefficient (Wildman–Crippen LogP) is 2.72. The number of likely N-dealkylation sites (tertiary alicyclic amines) is 1. The van der Waals surface area contributed by atoms with E-state index in [4.69, 9.17) is 0 Å². The molecule has 4 rings (SSSR count). The highest BCUT2D eigenvalue weighted by molar-refractivity contribution is 5.94. The van der Waals surface area contributed by atoms with Crippen LogP contribution < -0.4 is 5.56 Å². The summed E-state index contributed by atoms with van der Waals surface area (Å²) in [6.45, 7) is 2.75. The number of rotatable bonds is 2. The molecule has 0 aromatic carbocycles. The number of carbonyl (C=O) groups excluding carboxylic acids is 1. The van der Waals surface area contributed by atoms with Crippen LogP contribution in [0.4, 0.5) is 4.39 Å². The molecule has 6 nitrogen and oxygen atoms in total. The minimum Gasteiger partial charge on any atom is -0.346 e. The van der Waals surface area contributed by atoms with Gasteiger partial charge in [0.05, 0.1) is 6.20 Å². The minimum absolute atomic E-state index is 0.0247. The van der Waals surface area contributed by atoms with Gasteiger partial charge in [0.2, 0.25) is 0 Å². The first-order chi connectivity index (χ1) is 12.5. The smallest absolute Gasteiger partial charge is 0.260 e. The van der Waals surface area contributed by atoms with Gasteiger partial charge in [-0.1, -0.05) is 0 Å². The fraction of sp³-hybridized carbons (Fsp3) is 0.316. The first kappa shape index (κ1) is 16.5. The molecule has 1 fully saturated rings. The normalized spacial score (nSPS) is 15.5. The van der Waals surface area contributed by atoms with E-state index in [2.05, 4.69) is 15.0 Å². The summed E-state index contributed by atoms with van der Waals surface area (Å²) < 4.78 is 14.4. The summed E-state index contributed by atoms with van der Waals surface area (Å²) in [5, 5.41) is 0.796. The van der Waals surface area contributed by atoms with Crippen LogP contribution in [0.15, 0.2) is 35.4 Å². The fourth-order valence-corrected chi connectivity index (χ4v) is 3.70. The Morgan fingerprint density at radius 3 is 2.77 bits per heavy atom. The third kappa shape index (κ3) is 2.79. The Balaban J connectivity index is 1.54. The van der Waals surface area contributed by atoms with Gasteiger partial charge in [-0.2, -0.15) is 0 Å². The summed E-state index contributed by atoms with van der Waals surface area (Å²) in [7, 11) is 0. The van der Waals surface area contributed by atoms with Crippen LogP contribution in [0.5, 0.6) is 0 Å². The van der Waals surface area contributed by atoms with Gasteiger partial charge in [-0.25, -0.2) is 9.37 Å². The van der Waals surface area contributed by atoms with Gasteiger partial charge in [0.1, 0.15) is 17.0 Å². The zero-order valence-corrected chi connectivity index (χ0v) is 14.4. The Kier molecular flexibility index (Phi) is 4.06. The van der Waals surface area contributed by atoms with Gasteiger partial charge in [0.15, 0.2) is 0 Å². The van der Waals surface area contributed by atoms with E-state index < -0.39 is 0 Å². The van der Waals surface area contributed by atoms with Gasteiger partial charge < -0.3 is 14.9 Å². The maximum atomic E-state index is 14.4. The second kappa shape index (κ2) is 6.40. The number of aryl methyl sites for hydroxylation is 1. The second-order valence-corrected chi connectivity index (χ2v) is 6.71. The molecule has 0 radical (unpaired) electrons. The molecule has 26 heavy (non-hydrogen) atoms. The van der Waals surface area contributed by atoms with Crippen LogP contribution in [-0.2, 0) is 0 Å². The average Bonchev–Trinajstić information content (AvgIpc) is 3.10. The van der Waals surface area contributed by atoms with E-state index in [1.165, 1.54) is 6.20 Å². The van der Waals surface area contributed by atoms with Crippen molar-refractivity contribution in [1.82, 2.24) is 19.9 Å². The zero-order valence-electron chi connectivity index (χ0n) is 14.4. The molecule has 3 aromatic rings. The highest BCUT2D eigenvalue weighted by Gasteiger charge is 2.28. The number of H-pyrrole nitrogens is 2. The van der Waals surface area contributed by atoms with Crippen molar-refractivity contribution in [3.8, 4) is 0 Å². The van der Waals surface area contributed by atoms with Crippen molar-refractivity contribution in [1.29, 1.82) is 0 Å². The number of halogens is 1. The summed E-state index contributed by atoms with van der Waals surface area (Å²) >= 11 is 0. The lowest BCUT2D eigenvalue weighted by atomic mass is 9.87. The summed E-state index contributed by atoms with van der Waals surface area (Å²) in [4.78, 5) is 36.0. The minimum atomic E-state index is -0.369. The molecule has 2 N–H and O–H groups in total. The van der Waals surface area contributed by atoms with E-state index in [1.807, 2.05) is 6.07 Å². The molecule has 7 heteroatoms. The fourth-order valence-electron chi connectivity index (χ4n) is 3.70. The summed E-state index contributed by atoms with van der Waals surface area (Å²) in [5.41, 5.74) is 1.83. The van der Waals surface area contributed by atoms with Crippen LogP contribution in [0.25, 0.3) is 11.0 Å². The molecule has 0 unspecified atom stereocenters. The lowest BCUT2D eigenvalue weighted by Crippen LogP contribution is -2.40. The van der Waals surface area contributed by atoms with E-state index in [1.54, 1.807) is 30.2 Å². The summed E-state index contributed by atoms with van der Waals surface area (Å²) in [5.74, 6) is -0.555. The third-order valence-electron chi connectivity index (χ3n) is 5.06. The van der Waals surface area contributed by atoms with Crippen molar-refractivity contribution in [2.45, 2.75) is 25.7 Å². The number of nitrogens with zero attached hydrogens (tertiary/aromatic N) is 2. The number of nitrogens with one attached hydrogen (secondary N) is 2. The Morgan fingerprint density at radius 2 is 2.04 bits per heavy atom. The van der Waals surface area contributed by atoms with E-state index >= 15 is 0 Å². The molecule has 0 atom stereocenters. The van der Waals surface area contributed by atoms with E-state index in [-0.39, 0.29) is 28.8 Å². The quantitative estimate of drug-likeness (QED) is 0.742. The predicted molar refractivity (Wildman–Crippen MR) is 95.7 cm³/mol. The van der Waals surface area contributed by atoms with Gasteiger partial charge in [-0.15, -0.1) is 0 Å². The van der Waals surface area contributed by atoms with Crippen molar-refractivity contribution in [2.75, 3.05) is 13.1 Å². The maximum Gasteiger partial charge on any atom is 0.260 e. The van der Waals surface area contributed by atoms with E-state index in [9.17, 15) is 14.0 Å². The molecule has 0 spiro atoms. The lowest BCUT2D eigenvalue weighted by Gasteiger charge is -2.32. The Hall–Kier alpha value is -2.96. The van der Waals surface area contributed by atoms with Crippen LogP contribution in [-0.4, -0.2) is 38.8 Å². The Labute approximate surface area is 149 Å². The zero-order chi connectivity index (χ0) is 18.3. The molecular weight excluding hydrogens is 335 g/mol. The van der Waals surface area contributed by atoms with E-state index in [0.29, 0.717) is 42.8 Å². The van der Waals surface area contributed by atoms with Gasteiger partial charge in [-0.05, 0) is 43.9 Å². The number of carbonyl (C=O) groups is 1. The number of amides is 1. The molecule has 4 heterocycles. The number of piperidine rings is 1. The molecule has 0 saturated carbocycles. The highest BCUT2D eigenvalue weighted by Crippen LogP contribution is 2.34. The Bertz CT molecular complexity index is 1030. The molecule has 0 aliphatic carbocycles. The van der Waals surface area contributed by atoms with Crippen LogP contribution >= 0.6 is 0 Å². The maximum absolute atomic E-state index is 14.4. The van der Waals surface area contributed by atoms with Crippen LogP contribution in [0, 0.1) is 12.7 Å². The van der Waals surface area contributed by atoms with Gasteiger partial charge >= 0.3 is 0 Å². The molecule has 1 amide bonds. The van der Waals surface area contributed by atoms with Crippen molar-refractivity contribution in [2.24, 2.45) is 0 Å². The first-order valence-electron chi connectivity index (χ1n) is 8.65. The highest BCUT2D eigenvalue weighted by atomic mass is 19.1. The van der Waals surface area contributed by atoms with Gasteiger partial charge in [0.25, 0.3) is 11.5 Å².